The fourth-order valence-corrected chi connectivity index (χ4v) is 1.86. The first-order valence-electron chi connectivity index (χ1n) is 5.92. The third kappa shape index (κ3) is 2.94. The Morgan fingerprint density at radius 2 is 2.06 bits per heavy atom. The molecule has 90 valence electrons. The molecule has 0 radical (unpaired) electrons. The lowest BCUT2D eigenvalue weighted by atomic mass is 10.1. The molecule has 0 spiro atoms. The number of benzene rings is 1. The van der Waals surface area contributed by atoms with Gasteiger partial charge in [0.15, 0.2) is 6.29 Å². The molecule has 1 fully saturated rings. The van der Waals surface area contributed by atoms with Gasteiger partial charge in [-0.3, -0.25) is 4.79 Å². The van der Waals surface area contributed by atoms with Gasteiger partial charge < -0.3 is 9.72 Å². The largest absolute Gasteiger partial charge is 0.381 e. The fraction of sp³-hybridized carbons (Fsp3) is 0.357. The molecule has 0 unspecified atom stereocenters. The van der Waals surface area contributed by atoms with Crippen LogP contribution in [-0.2, 0) is 4.74 Å². The molecule has 0 atom stereocenters. The van der Waals surface area contributed by atoms with E-state index in [0.717, 1.165) is 36.0 Å². The SMILES string of the molecule is C1CCOC1.Cc1ccc2[nH]cc(C=O)c2c1. The number of aromatic amines is 1. The summed E-state index contributed by atoms with van der Waals surface area (Å²) in [5, 5.41) is 1.00. The molecule has 3 rings (SSSR count). The number of nitrogens with one attached hydrogen (secondary N) is 1. The monoisotopic (exact) mass is 231 g/mol. The van der Waals surface area contributed by atoms with Crippen LogP contribution in [0.2, 0.25) is 0 Å². The summed E-state index contributed by atoms with van der Waals surface area (Å²) in [6, 6.07) is 6.01. The molecule has 1 aliphatic rings. The Hall–Kier alpha value is -1.61. The Labute approximate surface area is 101 Å². The van der Waals surface area contributed by atoms with E-state index in [2.05, 4.69) is 4.98 Å². The van der Waals surface area contributed by atoms with Crippen molar-refractivity contribution in [3.63, 3.8) is 0 Å². The van der Waals surface area contributed by atoms with Gasteiger partial charge in [-0.1, -0.05) is 11.6 Å². The van der Waals surface area contributed by atoms with Crippen molar-refractivity contribution < 1.29 is 9.53 Å². The summed E-state index contributed by atoms with van der Waals surface area (Å²) in [7, 11) is 0. The normalized spacial score (nSPS) is 14.4. The molecule has 2 heterocycles. The van der Waals surface area contributed by atoms with Crippen LogP contribution in [0.25, 0.3) is 10.9 Å². The van der Waals surface area contributed by atoms with Crippen molar-refractivity contribution in [1.29, 1.82) is 0 Å². The van der Waals surface area contributed by atoms with Gasteiger partial charge in [-0.05, 0) is 31.9 Å². The van der Waals surface area contributed by atoms with Crippen molar-refractivity contribution in [2.45, 2.75) is 19.8 Å². The maximum atomic E-state index is 10.6. The summed E-state index contributed by atoms with van der Waals surface area (Å²) in [5.74, 6) is 0. The lowest BCUT2D eigenvalue weighted by molar-refractivity contribution is 0.112. The van der Waals surface area contributed by atoms with Gasteiger partial charge in [0.1, 0.15) is 0 Å². The number of rotatable bonds is 1. The van der Waals surface area contributed by atoms with Crippen molar-refractivity contribution in [3.05, 3.63) is 35.5 Å². The quantitative estimate of drug-likeness (QED) is 0.766. The number of fused-ring (bicyclic) bond motifs is 1. The Bertz CT molecular complexity index is 490. The number of aldehydes is 1. The Kier molecular flexibility index (Phi) is 3.94. The summed E-state index contributed by atoms with van der Waals surface area (Å²) in [6.07, 6.45) is 5.16. The molecule has 0 amide bonds. The van der Waals surface area contributed by atoms with Crippen molar-refractivity contribution in [3.8, 4) is 0 Å². The highest BCUT2D eigenvalue weighted by molar-refractivity contribution is 5.97. The molecule has 3 nitrogen and oxygen atoms in total. The molecule has 1 aliphatic heterocycles. The molecule has 0 aliphatic carbocycles. The van der Waals surface area contributed by atoms with E-state index in [1.807, 2.05) is 25.1 Å². The number of H-pyrrole nitrogens is 1. The second-order valence-electron chi connectivity index (χ2n) is 4.23. The number of hydrogen-bond acceptors (Lipinski definition) is 2. The van der Waals surface area contributed by atoms with Crippen LogP contribution in [0.15, 0.2) is 24.4 Å². The zero-order valence-corrected chi connectivity index (χ0v) is 10.0. The van der Waals surface area contributed by atoms with Gasteiger partial charge in [0, 0.05) is 35.9 Å². The van der Waals surface area contributed by atoms with E-state index in [0.29, 0.717) is 0 Å². The van der Waals surface area contributed by atoms with Crippen LogP contribution < -0.4 is 0 Å². The molecule has 2 aromatic rings. The van der Waals surface area contributed by atoms with Gasteiger partial charge in [-0.2, -0.15) is 0 Å². The zero-order chi connectivity index (χ0) is 12.1. The van der Waals surface area contributed by atoms with Crippen LogP contribution in [0.3, 0.4) is 0 Å². The van der Waals surface area contributed by atoms with Crippen molar-refractivity contribution in [1.82, 2.24) is 4.98 Å². The maximum absolute atomic E-state index is 10.6. The Morgan fingerprint density at radius 1 is 1.29 bits per heavy atom. The highest BCUT2D eigenvalue weighted by Crippen LogP contribution is 2.17. The third-order valence-electron chi connectivity index (χ3n) is 2.82. The minimum absolute atomic E-state index is 0.730. The lowest BCUT2D eigenvalue weighted by Gasteiger charge is -1.92. The fourth-order valence-electron chi connectivity index (χ4n) is 1.86. The van der Waals surface area contributed by atoms with E-state index in [-0.39, 0.29) is 0 Å². The minimum atomic E-state index is 0.730. The highest BCUT2D eigenvalue weighted by atomic mass is 16.5. The van der Waals surface area contributed by atoms with Gasteiger partial charge >= 0.3 is 0 Å². The van der Waals surface area contributed by atoms with Crippen LogP contribution in [0.5, 0.6) is 0 Å². The third-order valence-corrected chi connectivity index (χ3v) is 2.82. The smallest absolute Gasteiger partial charge is 0.152 e. The van der Waals surface area contributed by atoms with E-state index < -0.39 is 0 Å². The molecule has 1 aromatic heterocycles. The van der Waals surface area contributed by atoms with E-state index >= 15 is 0 Å². The average Bonchev–Trinajstić information content (AvgIpc) is 3.01. The number of aromatic nitrogens is 1. The molecule has 0 saturated carbocycles. The van der Waals surface area contributed by atoms with Crippen molar-refractivity contribution >= 4 is 17.2 Å². The minimum Gasteiger partial charge on any atom is -0.381 e. The first-order valence-corrected chi connectivity index (χ1v) is 5.92. The summed E-state index contributed by atoms with van der Waals surface area (Å²) in [6.45, 7) is 4.01. The van der Waals surface area contributed by atoms with Gasteiger partial charge in [-0.25, -0.2) is 0 Å². The molecular weight excluding hydrogens is 214 g/mol. The van der Waals surface area contributed by atoms with Gasteiger partial charge in [-0.15, -0.1) is 0 Å². The standard InChI is InChI=1S/C10H9NO.C4H8O/c1-7-2-3-10-9(4-7)8(6-12)5-11-10;1-2-4-5-3-1/h2-6,11H,1H3;1-4H2. The predicted octanol–water partition coefficient (Wildman–Crippen LogP) is 3.09. The number of hydrogen-bond donors (Lipinski definition) is 1. The molecular formula is C14H17NO2. The van der Waals surface area contributed by atoms with Crippen molar-refractivity contribution in [2.75, 3.05) is 13.2 Å². The summed E-state index contributed by atoms with van der Waals surface area (Å²) in [4.78, 5) is 13.6. The predicted molar refractivity (Wildman–Crippen MR) is 68.5 cm³/mol. The number of aryl methyl sites for hydroxylation is 1. The number of ether oxygens (including phenoxy) is 1. The maximum Gasteiger partial charge on any atom is 0.152 e. The molecule has 1 N–H and O–H groups in total. The van der Waals surface area contributed by atoms with Gasteiger partial charge in [0.25, 0.3) is 0 Å². The Balaban J connectivity index is 0.000000181. The number of carbonyl (C=O) groups is 1. The van der Waals surface area contributed by atoms with E-state index in [1.54, 1.807) is 6.20 Å². The van der Waals surface area contributed by atoms with Crippen molar-refractivity contribution in [2.24, 2.45) is 0 Å². The highest BCUT2D eigenvalue weighted by Gasteiger charge is 2.00. The molecule has 3 heteroatoms. The summed E-state index contributed by atoms with van der Waals surface area (Å²) in [5.41, 5.74) is 2.92. The topological polar surface area (TPSA) is 42.1 Å². The average molecular weight is 231 g/mol. The first-order chi connectivity index (χ1) is 8.31. The van der Waals surface area contributed by atoms with Crippen LogP contribution in [-0.4, -0.2) is 24.5 Å². The first kappa shape index (κ1) is 11.9. The van der Waals surface area contributed by atoms with Crippen LogP contribution in [0.4, 0.5) is 0 Å². The second-order valence-corrected chi connectivity index (χ2v) is 4.23. The Morgan fingerprint density at radius 3 is 2.65 bits per heavy atom. The molecule has 1 saturated heterocycles. The van der Waals surface area contributed by atoms with E-state index in [1.165, 1.54) is 18.4 Å². The van der Waals surface area contributed by atoms with Gasteiger partial charge in [0.05, 0.1) is 0 Å². The zero-order valence-electron chi connectivity index (χ0n) is 10.0. The van der Waals surface area contributed by atoms with E-state index in [9.17, 15) is 4.79 Å². The summed E-state index contributed by atoms with van der Waals surface area (Å²) >= 11 is 0. The second kappa shape index (κ2) is 5.64. The van der Waals surface area contributed by atoms with Crippen LogP contribution in [0.1, 0.15) is 28.8 Å². The molecule has 0 bridgehead atoms. The van der Waals surface area contributed by atoms with Crippen LogP contribution >= 0.6 is 0 Å². The van der Waals surface area contributed by atoms with E-state index in [4.69, 9.17) is 4.74 Å². The lowest BCUT2D eigenvalue weighted by Crippen LogP contribution is -1.75. The molecule has 1 aromatic carbocycles. The number of carbonyl (C=O) groups excluding carboxylic acids is 1. The van der Waals surface area contributed by atoms with Gasteiger partial charge in [0.2, 0.25) is 0 Å². The molecule has 17 heavy (non-hydrogen) atoms. The summed E-state index contributed by atoms with van der Waals surface area (Å²) < 4.78 is 4.94. The van der Waals surface area contributed by atoms with Crippen LogP contribution in [0, 0.1) is 6.92 Å².